The minimum atomic E-state index is -0.861. The Morgan fingerprint density at radius 3 is 2.57 bits per heavy atom. The third-order valence-corrected chi connectivity index (χ3v) is 9.52. The number of amides is 1. The third-order valence-electron chi connectivity index (χ3n) is 7.76. The van der Waals surface area contributed by atoms with Crippen LogP contribution in [0.5, 0.6) is 0 Å². The molecule has 1 fully saturated rings. The molecule has 3 heterocycles. The molecule has 0 bridgehead atoms. The first-order valence-electron chi connectivity index (χ1n) is 13.0. The van der Waals surface area contributed by atoms with Crippen molar-refractivity contribution in [1.82, 2.24) is 9.88 Å². The number of anilines is 1. The lowest BCUT2D eigenvalue weighted by atomic mass is 9.75. The number of nitrogens with one attached hydrogen (secondary N) is 1. The van der Waals surface area contributed by atoms with Crippen molar-refractivity contribution in [2.24, 2.45) is 11.8 Å². The SMILES string of the molecule is CCN1CCC(c2cc(-c3ccc(NC(=O)c4cscn4)cc3)sc2C(=O)O)=C(C2CCC(C)CC2)C1. The van der Waals surface area contributed by atoms with Crippen LogP contribution in [0.3, 0.4) is 0 Å². The van der Waals surface area contributed by atoms with Crippen molar-refractivity contribution in [1.29, 1.82) is 0 Å². The highest BCUT2D eigenvalue weighted by molar-refractivity contribution is 7.17. The lowest BCUT2D eigenvalue weighted by molar-refractivity contribution is 0.0701. The van der Waals surface area contributed by atoms with Gasteiger partial charge < -0.3 is 10.4 Å². The summed E-state index contributed by atoms with van der Waals surface area (Å²) in [7, 11) is 0. The number of thiazole rings is 1. The highest BCUT2D eigenvalue weighted by Crippen LogP contribution is 2.43. The summed E-state index contributed by atoms with van der Waals surface area (Å²) in [6, 6.07) is 9.67. The molecule has 0 spiro atoms. The molecule has 0 radical (unpaired) electrons. The Labute approximate surface area is 226 Å². The summed E-state index contributed by atoms with van der Waals surface area (Å²) < 4.78 is 0. The Kier molecular flexibility index (Phi) is 7.88. The van der Waals surface area contributed by atoms with E-state index in [1.165, 1.54) is 59.5 Å². The summed E-state index contributed by atoms with van der Waals surface area (Å²) in [6.07, 6.45) is 5.79. The van der Waals surface area contributed by atoms with Gasteiger partial charge in [-0.15, -0.1) is 22.7 Å². The zero-order valence-electron chi connectivity index (χ0n) is 21.3. The molecule has 1 aromatic carbocycles. The summed E-state index contributed by atoms with van der Waals surface area (Å²) in [6.45, 7) is 7.48. The third kappa shape index (κ3) is 5.71. The number of nitrogens with zero attached hydrogens (tertiary/aromatic N) is 2. The molecule has 1 aliphatic carbocycles. The second kappa shape index (κ2) is 11.3. The number of carbonyl (C=O) groups is 2. The molecule has 6 nitrogen and oxygen atoms in total. The normalized spacial score (nSPS) is 20.7. The molecule has 194 valence electrons. The quantitative estimate of drug-likeness (QED) is 0.336. The van der Waals surface area contributed by atoms with Gasteiger partial charge in [-0.1, -0.05) is 38.8 Å². The van der Waals surface area contributed by atoms with E-state index in [0.717, 1.165) is 48.0 Å². The summed E-state index contributed by atoms with van der Waals surface area (Å²) >= 11 is 2.73. The molecule has 37 heavy (non-hydrogen) atoms. The van der Waals surface area contributed by atoms with Gasteiger partial charge in [0, 0.05) is 34.6 Å². The van der Waals surface area contributed by atoms with Crippen LogP contribution in [-0.4, -0.2) is 46.5 Å². The highest BCUT2D eigenvalue weighted by Gasteiger charge is 2.30. The Bertz CT molecular complexity index is 1290. The van der Waals surface area contributed by atoms with Gasteiger partial charge in [0.25, 0.3) is 5.91 Å². The van der Waals surface area contributed by atoms with E-state index in [2.05, 4.69) is 35.1 Å². The highest BCUT2D eigenvalue weighted by atomic mass is 32.1. The van der Waals surface area contributed by atoms with Crippen LogP contribution < -0.4 is 5.32 Å². The number of benzene rings is 1. The maximum Gasteiger partial charge on any atom is 0.346 e. The Balaban J connectivity index is 1.45. The van der Waals surface area contributed by atoms with Gasteiger partial charge in [0.15, 0.2) is 0 Å². The van der Waals surface area contributed by atoms with Gasteiger partial charge in [-0.05, 0) is 72.6 Å². The molecule has 0 saturated heterocycles. The molecule has 0 atom stereocenters. The summed E-state index contributed by atoms with van der Waals surface area (Å²) in [4.78, 5) is 32.6. The van der Waals surface area contributed by atoms with E-state index in [-0.39, 0.29) is 5.91 Å². The average molecular weight is 536 g/mol. The molecule has 2 N–H and O–H groups in total. The number of hydrogen-bond acceptors (Lipinski definition) is 6. The maximum atomic E-state index is 12.4. The average Bonchev–Trinajstić information content (AvgIpc) is 3.60. The van der Waals surface area contributed by atoms with E-state index >= 15 is 0 Å². The fourth-order valence-electron chi connectivity index (χ4n) is 5.56. The number of carboxylic acid groups (broad SMARTS) is 1. The van der Waals surface area contributed by atoms with Gasteiger partial charge in [-0.3, -0.25) is 9.69 Å². The second-order valence-corrected chi connectivity index (χ2v) is 11.9. The van der Waals surface area contributed by atoms with Crippen molar-refractivity contribution in [2.45, 2.75) is 46.0 Å². The lowest BCUT2D eigenvalue weighted by Gasteiger charge is -2.36. The Morgan fingerprint density at radius 1 is 1.16 bits per heavy atom. The predicted octanol–water partition coefficient (Wildman–Crippen LogP) is 7.13. The summed E-state index contributed by atoms with van der Waals surface area (Å²) in [5.74, 6) is 0.227. The van der Waals surface area contributed by atoms with Crippen molar-refractivity contribution in [3.8, 4) is 10.4 Å². The number of aromatic nitrogens is 1. The minimum Gasteiger partial charge on any atom is -0.477 e. The van der Waals surface area contributed by atoms with E-state index in [1.54, 1.807) is 10.9 Å². The second-order valence-electron chi connectivity index (χ2n) is 10.1. The van der Waals surface area contributed by atoms with Crippen LogP contribution in [-0.2, 0) is 0 Å². The summed E-state index contributed by atoms with van der Waals surface area (Å²) in [5.41, 5.74) is 7.29. The molecule has 1 amide bonds. The van der Waals surface area contributed by atoms with Crippen molar-refractivity contribution in [3.05, 3.63) is 62.9 Å². The zero-order valence-corrected chi connectivity index (χ0v) is 23.0. The van der Waals surface area contributed by atoms with Gasteiger partial charge in [0.2, 0.25) is 0 Å². The number of carbonyl (C=O) groups excluding carboxylic acids is 1. The maximum absolute atomic E-state index is 12.4. The van der Waals surface area contributed by atoms with E-state index in [9.17, 15) is 14.7 Å². The van der Waals surface area contributed by atoms with Crippen LogP contribution >= 0.6 is 22.7 Å². The largest absolute Gasteiger partial charge is 0.477 e. The number of hydrogen-bond donors (Lipinski definition) is 2. The first kappa shape index (κ1) is 25.8. The van der Waals surface area contributed by atoms with Gasteiger partial charge >= 0.3 is 5.97 Å². The first-order valence-corrected chi connectivity index (χ1v) is 14.8. The van der Waals surface area contributed by atoms with Gasteiger partial charge in [-0.25, -0.2) is 9.78 Å². The Hall–Kier alpha value is -2.81. The minimum absolute atomic E-state index is 0.240. The number of thiophene rings is 1. The molecule has 1 aliphatic heterocycles. The van der Waals surface area contributed by atoms with Crippen LogP contribution in [0, 0.1) is 11.8 Å². The number of carboxylic acids is 1. The van der Waals surface area contributed by atoms with Crippen LogP contribution in [0.15, 0.2) is 46.8 Å². The monoisotopic (exact) mass is 535 g/mol. The van der Waals surface area contributed by atoms with Crippen molar-refractivity contribution < 1.29 is 14.7 Å². The van der Waals surface area contributed by atoms with E-state index in [4.69, 9.17) is 0 Å². The van der Waals surface area contributed by atoms with Crippen LogP contribution in [0.2, 0.25) is 0 Å². The topological polar surface area (TPSA) is 82.5 Å². The van der Waals surface area contributed by atoms with Crippen molar-refractivity contribution in [3.63, 3.8) is 0 Å². The standard InChI is InChI=1S/C29H33N3O3S2/c1-3-32-13-12-22(24(15-32)19-6-4-18(2)5-7-19)23-14-26(37-27(23)29(34)35)20-8-10-21(11-9-20)31-28(33)25-16-36-17-30-25/h8-11,14,16-19H,3-7,12-13,15H2,1-2H3,(H,31,33)(H,34,35). The van der Waals surface area contributed by atoms with Gasteiger partial charge in [0.1, 0.15) is 10.6 Å². The van der Waals surface area contributed by atoms with Gasteiger partial charge in [-0.2, -0.15) is 0 Å². The molecule has 3 aromatic rings. The fourth-order valence-corrected chi connectivity index (χ4v) is 7.12. The van der Waals surface area contributed by atoms with Crippen molar-refractivity contribution >= 4 is 45.8 Å². The molecule has 0 unspecified atom stereocenters. The smallest absolute Gasteiger partial charge is 0.346 e. The van der Waals surface area contributed by atoms with Crippen molar-refractivity contribution in [2.75, 3.05) is 25.0 Å². The number of rotatable bonds is 7. The zero-order chi connectivity index (χ0) is 25.9. The predicted molar refractivity (Wildman–Crippen MR) is 152 cm³/mol. The number of aromatic carboxylic acids is 1. The molecule has 2 aromatic heterocycles. The van der Waals surface area contributed by atoms with Crippen LogP contribution in [0.4, 0.5) is 5.69 Å². The molecule has 2 aliphatic rings. The first-order chi connectivity index (χ1) is 17.9. The van der Waals surface area contributed by atoms with Crippen LogP contribution in [0.1, 0.15) is 71.7 Å². The van der Waals surface area contributed by atoms with Crippen LogP contribution in [0.25, 0.3) is 16.0 Å². The Morgan fingerprint density at radius 2 is 1.92 bits per heavy atom. The molecular weight excluding hydrogens is 502 g/mol. The molecule has 5 rings (SSSR count). The fraction of sp³-hybridized carbons (Fsp3) is 0.414. The molecule has 8 heteroatoms. The van der Waals surface area contributed by atoms with E-state index < -0.39 is 5.97 Å². The van der Waals surface area contributed by atoms with E-state index in [0.29, 0.717) is 22.2 Å². The van der Waals surface area contributed by atoms with E-state index in [1.807, 2.05) is 24.3 Å². The van der Waals surface area contributed by atoms with Gasteiger partial charge in [0.05, 0.1) is 5.51 Å². The number of likely N-dealkylation sites (N-methyl/N-ethyl adjacent to an activating group) is 1. The molecular formula is C29H33N3O3S2. The lowest BCUT2D eigenvalue weighted by Crippen LogP contribution is -2.34. The summed E-state index contributed by atoms with van der Waals surface area (Å²) in [5, 5.41) is 14.7. The molecule has 1 saturated carbocycles.